The van der Waals surface area contributed by atoms with Crippen molar-refractivity contribution in [3.05, 3.63) is 90.0 Å². The van der Waals surface area contributed by atoms with E-state index in [4.69, 9.17) is 9.15 Å². The molecule has 0 saturated carbocycles. The molecule has 0 aliphatic rings. The number of methoxy groups -OCH3 is 1. The second-order valence-electron chi connectivity index (χ2n) is 6.73. The predicted octanol–water partition coefficient (Wildman–Crippen LogP) is 4.51. The van der Waals surface area contributed by atoms with E-state index in [1.54, 1.807) is 55.6 Å². The normalized spacial score (nSPS) is 12.1. The highest BCUT2D eigenvalue weighted by Gasteiger charge is 2.22. The molecule has 1 heterocycles. The molecule has 1 N–H and O–H groups in total. The van der Waals surface area contributed by atoms with Crippen molar-refractivity contribution in [2.24, 2.45) is 5.10 Å². The maximum Gasteiger partial charge on any atom is 0.255 e. The van der Waals surface area contributed by atoms with Gasteiger partial charge < -0.3 is 9.15 Å². The van der Waals surface area contributed by atoms with E-state index in [1.807, 2.05) is 37.3 Å². The minimum atomic E-state index is -3.86. The lowest BCUT2D eigenvalue weighted by molar-refractivity contribution is 0.413. The number of nitrogens with zero attached hydrogens (tertiary/aromatic N) is 1. The molecular formula is C23H20N2O4S. The van der Waals surface area contributed by atoms with Gasteiger partial charge in [0.15, 0.2) is 0 Å². The summed E-state index contributed by atoms with van der Waals surface area (Å²) in [4.78, 5) is 0.153. The molecule has 4 rings (SSSR count). The first-order valence-corrected chi connectivity index (χ1v) is 10.7. The van der Waals surface area contributed by atoms with Crippen LogP contribution in [0.1, 0.15) is 5.56 Å². The first-order chi connectivity index (χ1) is 14.5. The highest BCUT2D eigenvalue weighted by molar-refractivity contribution is 7.91. The first-order valence-electron chi connectivity index (χ1n) is 9.26. The standard InChI is InChI=1S/C23H20N2O4S/c1-16-8-12-20(13-9-16)30(26,27)22-14-17-10-11-19(28-2)15-21(17)29-23(22)25-24-18-6-4-3-5-7-18/h3-15,24H,1-2H3/b25-23+. The molecule has 0 amide bonds. The van der Waals surface area contributed by atoms with Crippen molar-refractivity contribution in [1.82, 2.24) is 0 Å². The summed E-state index contributed by atoms with van der Waals surface area (Å²) in [5.74, 6) is 0.599. The maximum atomic E-state index is 13.4. The molecule has 0 fully saturated rings. The molecule has 0 bridgehead atoms. The van der Waals surface area contributed by atoms with Gasteiger partial charge in [0.1, 0.15) is 16.2 Å². The van der Waals surface area contributed by atoms with Gasteiger partial charge in [0.2, 0.25) is 9.84 Å². The number of rotatable bonds is 5. The van der Waals surface area contributed by atoms with Crippen molar-refractivity contribution >= 4 is 26.5 Å². The fourth-order valence-electron chi connectivity index (χ4n) is 2.95. The van der Waals surface area contributed by atoms with Crippen molar-refractivity contribution in [2.45, 2.75) is 16.7 Å². The fourth-order valence-corrected chi connectivity index (χ4v) is 4.30. The lowest BCUT2D eigenvalue weighted by Crippen LogP contribution is -2.17. The lowest BCUT2D eigenvalue weighted by Gasteiger charge is -2.08. The Morgan fingerprint density at radius 1 is 0.933 bits per heavy atom. The molecule has 0 aliphatic carbocycles. The van der Waals surface area contributed by atoms with Crippen LogP contribution in [0.25, 0.3) is 11.0 Å². The number of benzene rings is 3. The van der Waals surface area contributed by atoms with Gasteiger partial charge in [0.05, 0.1) is 17.7 Å². The molecule has 152 valence electrons. The molecule has 0 unspecified atom stereocenters. The number of ether oxygens (including phenoxy) is 1. The lowest BCUT2D eigenvalue weighted by atomic mass is 10.2. The summed E-state index contributed by atoms with van der Waals surface area (Å²) >= 11 is 0. The Morgan fingerprint density at radius 3 is 2.37 bits per heavy atom. The van der Waals surface area contributed by atoms with Crippen molar-refractivity contribution in [2.75, 3.05) is 12.5 Å². The number of anilines is 1. The molecule has 1 aromatic heterocycles. The molecule has 0 saturated heterocycles. The van der Waals surface area contributed by atoms with Crippen molar-refractivity contribution in [1.29, 1.82) is 0 Å². The average Bonchev–Trinajstić information content (AvgIpc) is 2.77. The number of hydrogen-bond acceptors (Lipinski definition) is 6. The number of hydrogen-bond donors (Lipinski definition) is 1. The molecule has 4 aromatic rings. The van der Waals surface area contributed by atoms with E-state index < -0.39 is 9.84 Å². The van der Waals surface area contributed by atoms with E-state index in [0.29, 0.717) is 22.4 Å². The Morgan fingerprint density at radius 2 is 1.67 bits per heavy atom. The van der Waals surface area contributed by atoms with Crippen LogP contribution < -0.4 is 15.7 Å². The minimum Gasteiger partial charge on any atom is -0.497 e. The van der Waals surface area contributed by atoms with E-state index in [9.17, 15) is 8.42 Å². The topological polar surface area (TPSA) is 80.9 Å². The van der Waals surface area contributed by atoms with E-state index in [2.05, 4.69) is 10.5 Å². The molecule has 7 heteroatoms. The highest BCUT2D eigenvalue weighted by Crippen LogP contribution is 2.25. The van der Waals surface area contributed by atoms with E-state index in [0.717, 1.165) is 5.56 Å². The van der Waals surface area contributed by atoms with Crippen LogP contribution in [0.5, 0.6) is 5.75 Å². The van der Waals surface area contributed by atoms with Crippen molar-refractivity contribution < 1.29 is 17.6 Å². The zero-order valence-corrected chi connectivity index (χ0v) is 17.3. The molecule has 0 aliphatic heterocycles. The molecule has 0 radical (unpaired) electrons. The Kier molecular flexibility index (Phi) is 5.29. The summed E-state index contributed by atoms with van der Waals surface area (Å²) in [6.45, 7) is 1.90. The van der Waals surface area contributed by atoms with Crippen LogP contribution >= 0.6 is 0 Å². The average molecular weight is 420 g/mol. The third-order valence-electron chi connectivity index (χ3n) is 4.61. The van der Waals surface area contributed by atoms with Crippen LogP contribution in [-0.2, 0) is 9.84 Å². The summed E-state index contributed by atoms with van der Waals surface area (Å²) in [6.07, 6.45) is 0. The molecule has 6 nitrogen and oxygen atoms in total. The molecule has 3 aromatic carbocycles. The summed E-state index contributed by atoms with van der Waals surface area (Å²) in [5, 5.41) is 4.88. The maximum absolute atomic E-state index is 13.4. The number of nitrogens with one attached hydrogen (secondary N) is 1. The van der Waals surface area contributed by atoms with Gasteiger partial charge in [-0.3, -0.25) is 5.43 Å². The van der Waals surface area contributed by atoms with Gasteiger partial charge in [-0.15, -0.1) is 5.10 Å². The Labute approximate surface area is 174 Å². The van der Waals surface area contributed by atoms with Crippen LogP contribution in [0.15, 0.2) is 98.2 Å². The zero-order chi connectivity index (χ0) is 21.1. The summed E-state index contributed by atoms with van der Waals surface area (Å²) < 4.78 is 37.9. The van der Waals surface area contributed by atoms with E-state index in [-0.39, 0.29) is 15.3 Å². The second-order valence-corrected chi connectivity index (χ2v) is 8.64. The summed E-state index contributed by atoms with van der Waals surface area (Å²) in [7, 11) is -2.30. The van der Waals surface area contributed by atoms with Crippen LogP contribution in [0.2, 0.25) is 0 Å². The molecule has 0 atom stereocenters. The van der Waals surface area contributed by atoms with Gasteiger partial charge in [0, 0.05) is 11.5 Å². The van der Waals surface area contributed by atoms with Crippen LogP contribution in [0.4, 0.5) is 5.69 Å². The Bertz CT molecular complexity index is 1360. The second kappa shape index (κ2) is 8.04. The Balaban J connectivity index is 1.93. The predicted molar refractivity (Wildman–Crippen MR) is 115 cm³/mol. The number of fused-ring (bicyclic) bond motifs is 1. The van der Waals surface area contributed by atoms with Gasteiger partial charge in [-0.25, -0.2) is 8.42 Å². The number of aryl methyl sites for hydroxylation is 1. The third kappa shape index (κ3) is 3.92. The van der Waals surface area contributed by atoms with E-state index in [1.165, 1.54) is 0 Å². The van der Waals surface area contributed by atoms with Gasteiger partial charge in [-0.1, -0.05) is 35.9 Å². The van der Waals surface area contributed by atoms with Gasteiger partial charge in [-0.2, -0.15) is 0 Å². The Hall–Kier alpha value is -3.58. The fraction of sp³-hybridized carbons (Fsp3) is 0.0870. The van der Waals surface area contributed by atoms with Crippen molar-refractivity contribution in [3.63, 3.8) is 0 Å². The summed E-state index contributed by atoms with van der Waals surface area (Å²) in [6, 6.07) is 22.7. The van der Waals surface area contributed by atoms with Gasteiger partial charge in [-0.05, 0) is 49.4 Å². The number of sulfone groups is 1. The monoisotopic (exact) mass is 420 g/mol. The SMILES string of the molecule is COc1ccc2cc(S(=O)(=O)c3ccc(C)cc3)/c(=N\Nc3ccccc3)oc2c1. The molecular weight excluding hydrogens is 400 g/mol. The largest absolute Gasteiger partial charge is 0.497 e. The minimum absolute atomic E-state index is 0.0209. The van der Waals surface area contributed by atoms with Gasteiger partial charge in [0.25, 0.3) is 5.55 Å². The van der Waals surface area contributed by atoms with Crippen molar-refractivity contribution in [3.8, 4) is 5.75 Å². The first kappa shape index (κ1) is 19.7. The highest BCUT2D eigenvalue weighted by atomic mass is 32.2. The molecule has 0 spiro atoms. The van der Waals surface area contributed by atoms with E-state index >= 15 is 0 Å². The third-order valence-corrected chi connectivity index (χ3v) is 6.37. The zero-order valence-electron chi connectivity index (χ0n) is 16.5. The summed E-state index contributed by atoms with van der Waals surface area (Å²) in [5.41, 5.74) is 4.96. The molecule has 30 heavy (non-hydrogen) atoms. The van der Waals surface area contributed by atoms with Crippen LogP contribution in [0, 0.1) is 6.92 Å². The van der Waals surface area contributed by atoms with Crippen LogP contribution in [0.3, 0.4) is 0 Å². The smallest absolute Gasteiger partial charge is 0.255 e. The quantitative estimate of drug-likeness (QED) is 0.481. The van der Waals surface area contributed by atoms with Crippen LogP contribution in [-0.4, -0.2) is 15.5 Å². The van der Waals surface area contributed by atoms with Gasteiger partial charge >= 0.3 is 0 Å². The number of para-hydroxylation sites is 1.